The number of hydrogen-bond donors (Lipinski definition) is 1. The van der Waals surface area contributed by atoms with E-state index < -0.39 is 0 Å². The molecule has 0 heterocycles. The topological polar surface area (TPSA) is 26.0 Å². The minimum Gasteiger partial charge on any atom is -0.327 e. The molecule has 1 aliphatic carbocycles. The monoisotopic (exact) mass is 245 g/mol. The minimum atomic E-state index is 0.325. The maximum atomic E-state index is 6.47. The van der Waals surface area contributed by atoms with Gasteiger partial charge in [0.15, 0.2) is 0 Å². The van der Waals surface area contributed by atoms with Crippen LogP contribution in [0.15, 0.2) is 24.3 Å². The summed E-state index contributed by atoms with van der Waals surface area (Å²) in [5.74, 6) is 0.581. The highest BCUT2D eigenvalue weighted by Gasteiger charge is 2.26. The van der Waals surface area contributed by atoms with E-state index >= 15 is 0 Å². The van der Waals surface area contributed by atoms with Crippen molar-refractivity contribution in [2.45, 2.75) is 64.8 Å². The van der Waals surface area contributed by atoms with Crippen molar-refractivity contribution in [3.63, 3.8) is 0 Å². The third kappa shape index (κ3) is 3.35. The average Bonchev–Trinajstić information content (AvgIpc) is 2.34. The van der Waals surface area contributed by atoms with Gasteiger partial charge in [-0.1, -0.05) is 45.0 Å². The number of aryl methyl sites for hydroxylation is 1. The van der Waals surface area contributed by atoms with Crippen molar-refractivity contribution in [2.75, 3.05) is 0 Å². The molecule has 0 saturated heterocycles. The largest absolute Gasteiger partial charge is 0.327 e. The lowest BCUT2D eigenvalue weighted by molar-refractivity contribution is 0.325. The van der Waals surface area contributed by atoms with Crippen molar-refractivity contribution in [3.05, 3.63) is 35.4 Å². The number of benzene rings is 1. The summed E-state index contributed by atoms with van der Waals surface area (Å²) in [6.07, 6.45) is 6.15. The first-order valence-electron chi connectivity index (χ1n) is 7.31. The highest BCUT2D eigenvalue weighted by molar-refractivity contribution is 5.33. The summed E-state index contributed by atoms with van der Waals surface area (Å²) in [6.45, 7) is 6.90. The Hall–Kier alpha value is -0.820. The van der Waals surface area contributed by atoms with Crippen molar-refractivity contribution >= 4 is 0 Å². The standard InChI is InChI=1S/C17H27N/c1-17(2,3)12-11-16(18)15-10-6-8-13-7-4-5-9-14(13)15/h4-5,7,9,15-16H,6,8,10-12,18H2,1-3H3. The van der Waals surface area contributed by atoms with E-state index in [1.807, 2.05) is 0 Å². The molecule has 0 amide bonds. The zero-order valence-electron chi connectivity index (χ0n) is 12.1. The molecule has 0 fully saturated rings. The fourth-order valence-corrected chi connectivity index (χ4v) is 3.04. The van der Waals surface area contributed by atoms with Crippen LogP contribution in [0.25, 0.3) is 0 Å². The number of hydrogen-bond acceptors (Lipinski definition) is 1. The van der Waals surface area contributed by atoms with Gasteiger partial charge in [-0.3, -0.25) is 0 Å². The lowest BCUT2D eigenvalue weighted by atomic mass is 9.76. The van der Waals surface area contributed by atoms with Gasteiger partial charge < -0.3 is 5.73 Å². The summed E-state index contributed by atoms with van der Waals surface area (Å²) in [7, 11) is 0. The zero-order chi connectivity index (χ0) is 13.2. The van der Waals surface area contributed by atoms with Gasteiger partial charge in [0.1, 0.15) is 0 Å². The highest BCUT2D eigenvalue weighted by Crippen LogP contribution is 2.35. The van der Waals surface area contributed by atoms with Crippen LogP contribution in [0.3, 0.4) is 0 Å². The molecule has 1 nitrogen and oxygen atoms in total. The molecule has 2 N–H and O–H groups in total. The molecule has 0 spiro atoms. The second kappa shape index (κ2) is 5.44. The summed E-state index contributed by atoms with van der Waals surface area (Å²) in [5, 5.41) is 0. The number of rotatable bonds is 3. The van der Waals surface area contributed by atoms with Crippen LogP contribution >= 0.6 is 0 Å². The molecular formula is C17H27N. The Bertz CT molecular complexity index is 389. The van der Waals surface area contributed by atoms with E-state index in [9.17, 15) is 0 Å². The summed E-state index contributed by atoms with van der Waals surface area (Å²) >= 11 is 0. The van der Waals surface area contributed by atoms with Gasteiger partial charge in [0.25, 0.3) is 0 Å². The third-order valence-corrected chi connectivity index (χ3v) is 4.16. The quantitative estimate of drug-likeness (QED) is 0.846. The van der Waals surface area contributed by atoms with E-state index in [-0.39, 0.29) is 0 Å². The fourth-order valence-electron chi connectivity index (χ4n) is 3.04. The van der Waals surface area contributed by atoms with E-state index in [0.717, 1.165) is 6.42 Å². The van der Waals surface area contributed by atoms with Crippen molar-refractivity contribution in [2.24, 2.45) is 11.1 Å². The van der Waals surface area contributed by atoms with E-state index in [4.69, 9.17) is 5.73 Å². The van der Waals surface area contributed by atoms with E-state index in [0.29, 0.717) is 17.4 Å². The predicted molar refractivity (Wildman–Crippen MR) is 78.8 cm³/mol. The van der Waals surface area contributed by atoms with Gasteiger partial charge >= 0.3 is 0 Å². The molecule has 0 aromatic heterocycles. The van der Waals surface area contributed by atoms with Gasteiger partial charge in [0, 0.05) is 6.04 Å². The molecule has 1 aromatic rings. The maximum Gasteiger partial charge on any atom is 0.0108 e. The molecule has 0 bridgehead atoms. The molecule has 100 valence electrons. The second-order valence-corrected chi connectivity index (χ2v) is 6.96. The van der Waals surface area contributed by atoms with Gasteiger partial charge in [0.2, 0.25) is 0 Å². The van der Waals surface area contributed by atoms with E-state index in [2.05, 4.69) is 45.0 Å². The van der Waals surface area contributed by atoms with Crippen LogP contribution in [-0.2, 0) is 6.42 Å². The molecule has 2 rings (SSSR count). The van der Waals surface area contributed by atoms with Crippen LogP contribution in [0.5, 0.6) is 0 Å². The maximum absolute atomic E-state index is 6.47. The molecule has 18 heavy (non-hydrogen) atoms. The minimum absolute atomic E-state index is 0.325. The summed E-state index contributed by atoms with van der Waals surface area (Å²) in [6, 6.07) is 9.20. The van der Waals surface area contributed by atoms with Crippen LogP contribution in [0.4, 0.5) is 0 Å². The average molecular weight is 245 g/mol. The molecule has 0 aliphatic heterocycles. The molecule has 2 atom stereocenters. The van der Waals surface area contributed by atoms with Crippen LogP contribution in [0, 0.1) is 5.41 Å². The highest BCUT2D eigenvalue weighted by atomic mass is 14.7. The SMILES string of the molecule is CC(C)(C)CCC(N)C1CCCc2ccccc21. The van der Waals surface area contributed by atoms with Crippen molar-refractivity contribution < 1.29 is 0 Å². The van der Waals surface area contributed by atoms with Crippen LogP contribution in [0.2, 0.25) is 0 Å². The fraction of sp³-hybridized carbons (Fsp3) is 0.647. The van der Waals surface area contributed by atoms with Gasteiger partial charge in [-0.25, -0.2) is 0 Å². The number of fused-ring (bicyclic) bond motifs is 1. The van der Waals surface area contributed by atoms with Gasteiger partial charge in [0.05, 0.1) is 0 Å². The summed E-state index contributed by atoms with van der Waals surface area (Å²) < 4.78 is 0. The lowest BCUT2D eigenvalue weighted by Gasteiger charge is -2.31. The Morgan fingerprint density at radius 2 is 2.00 bits per heavy atom. The van der Waals surface area contributed by atoms with E-state index in [1.54, 1.807) is 0 Å². The second-order valence-electron chi connectivity index (χ2n) is 6.96. The summed E-state index contributed by atoms with van der Waals surface area (Å²) in [5.41, 5.74) is 9.91. The third-order valence-electron chi connectivity index (χ3n) is 4.16. The molecule has 1 aromatic carbocycles. The molecular weight excluding hydrogens is 218 g/mol. The van der Waals surface area contributed by atoms with Gasteiger partial charge in [-0.15, -0.1) is 0 Å². The summed E-state index contributed by atoms with van der Waals surface area (Å²) in [4.78, 5) is 0. The Morgan fingerprint density at radius 1 is 1.28 bits per heavy atom. The van der Waals surface area contributed by atoms with Gasteiger partial charge in [-0.05, 0) is 54.6 Å². The zero-order valence-corrected chi connectivity index (χ0v) is 12.1. The van der Waals surface area contributed by atoms with Crippen molar-refractivity contribution in [3.8, 4) is 0 Å². The molecule has 0 radical (unpaired) electrons. The van der Waals surface area contributed by atoms with Crippen molar-refractivity contribution in [1.82, 2.24) is 0 Å². The number of nitrogens with two attached hydrogens (primary N) is 1. The molecule has 2 unspecified atom stereocenters. The Kier molecular flexibility index (Phi) is 4.11. The Labute approximate surface area is 112 Å². The smallest absolute Gasteiger partial charge is 0.0108 e. The first kappa shape index (κ1) is 13.6. The molecule has 1 aliphatic rings. The first-order chi connectivity index (χ1) is 8.47. The van der Waals surface area contributed by atoms with E-state index in [1.165, 1.54) is 36.8 Å². The Morgan fingerprint density at radius 3 is 2.72 bits per heavy atom. The molecule has 1 heteroatoms. The van der Waals surface area contributed by atoms with Crippen molar-refractivity contribution in [1.29, 1.82) is 0 Å². The van der Waals surface area contributed by atoms with Crippen LogP contribution in [-0.4, -0.2) is 6.04 Å². The lowest BCUT2D eigenvalue weighted by Crippen LogP contribution is -2.32. The first-order valence-corrected chi connectivity index (χ1v) is 7.31. The molecule has 0 saturated carbocycles. The normalized spacial score (nSPS) is 21.4. The van der Waals surface area contributed by atoms with Crippen LogP contribution in [0.1, 0.15) is 63.5 Å². The van der Waals surface area contributed by atoms with Gasteiger partial charge in [-0.2, -0.15) is 0 Å². The predicted octanol–water partition coefficient (Wildman–Crippen LogP) is 4.26. The Balaban J connectivity index is 2.06. The van der Waals surface area contributed by atoms with Crippen LogP contribution < -0.4 is 5.73 Å².